The average Bonchev–Trinajstić information content (AvgIpc) is 3.77. The monoisotopic (exact) mass is 705 g/mol. The van der Waals surface area contributed by atoms with Crippen molar-refractivity contribution < 1.29 is 23.5 Å². The molecule has 268 valence electrons. The molecule has 6 heterocycles. The van der Waals surface area contributed by atoms with Gasteiger partial charge in [-0.1, -0.05) is 0 Å². The van der Waals surface area contributed by atoms with Crippen molar-refractivity contribution in [2.24, 2.45) is 0 Å². The molecule has 0 atom stereocenters. The minimum absolute atomic E-state index is 0.191. The zero-order valence-corrected chi connectivity index (χ0v) is 29.0. The van der Waals surface area contributed by atoms with E-state index in [1.807, 2.05) is 18.2 Å². The fraction of sp³-hybridized carbons (Fsp3) is 0.395. The Morgan fingerprint density at radius 3 is 2.60 bits per heavy atom. The number of esters is 1. The Hall–Kier alpha value is -5.34. The molecule has 13 nitrogen and oxygen atoms in total. The number of imidazole rings is 1. The van der Waals surface area contributed by atoms with Crippen LogP contribution in [-0.4, -0.2) is 93.3 Å². The molecular formula is C38H40FN9O4. The van der Waals surface area contributed by atoms with E-state index in [-0.39, 0.29) is 18.3 Å². The van der Waals surface area contributed by atoms with E-state index < -0.39 is 11.8 Å². The van der Waals surface area contributed by atoms with Crippen molar-refractivity contribution in [3.8, 4) is 11.4 Å². The summed E-state index contributed by atoms with van der Waals surface area (Å²) in [6.07, 6.45) is 5.64. The predicted molar refractivity (Wildman–Crippen MR) is 193 cm³/mol. The smallest absolute Gasteiger partial charge is 0.302 e. The third-order valence-corrected chi connectivity index (χ3v) is 10.8. The van der Waals surface area contributed by atoms with Crippen LogP contribution in [0, 0.1) is 5.82 Å². The third kappa shape index (κ3) is 5.95. The largest absolute Gasteiger partial charge is 0.461 e. The van der Waals surface area contributed by atoms with E-state index in [1.54, 1.807) is 4.90 Å². The molecule has 52 heavy (non-hydrogen) atoms. The fourth-order valence-electron chi connectivity index (χ4n) is 7.97. The van der Waals surface area contributed by atoms with E-state index in [1.165, 1.54) is 36.6 Å². The molecule has 0 unspecified atom stereocenters. The summed E-state index contributed by atoms with van der Waals surface area (Å²) in [7, 11) is 0. The number of carbonyl (C=O) groups is 2. The van der Waals surface area contributed by atoms with Crippen LogP contribution >= 0.6 is 0 Å². The molecule has 2 saturated heterocycles. The maximum absolute atomic E-state index is 15.7. The van der Waals surface area contributed by atoms with Crippen LogP contribution in [0.1, 0.15) is 47.1 Å². The summed E-state index contributed by atoms with van der Waals surface area (Å²) in [4.78, 5) is 49.8. The van der Waals surface area contributed by atoms with E-state index in [0.717, 1.165) is 76.5 Å². The van der Waals surface area contributed by atoms with Crippen molar-refractivity contribution in [1.29, 1.82) is 0 Å². The SMILES string of the molecule is CC(=O)OCc1c(-c2nc(Nc3ccc(N4CCN(C5COC5)CC4)cc3)c3nc[nH]c3n2)cc(F)cc1N1CCn2c(cc3c2CCCC3)C1=O. The number of anilines is 4. The zero-order chi connectivity index (χ0) is 35.3. The number of aromatic amines is 1. The first-order valence-electron chi connectivity index (χ1n) is 18.0. The lowest BCUT2D eigenvalue weighted by Crippen LogP contribution is -2.56. The second-order valence-electron chi connectivity index (χ2n) is 13.9. The summed E-state index contributed by atoms with van der Waals surface area (Å²) in [6.45, 7) is 7.65. The minimum atomic E-state index is -0.565. The first-order valence-corrected chi connectivity index (χ1v) is 18.0. The van der Waals surface area contributed by atoms with Crippen molar-refractivity contribution in [3.63, 3.8) is 0 Å². The molecule has 0 bridgehead atoms. The topological polar surface area (TPSA) is 134 Å². The molecular weight excluding hydrogens is 665 g/mol. The minimum Gasteiger partial charge on any atom is -0.461 e. The van der Waals surface area contributed by atoms with Gasteiger partial charge in [-0.25, -0.2) is 19.3 Å². The van der Waals surface area contributed by atoms with Crippen LogP contribution in [0.25, 0.3) is 22.6 Å². The van der Waals surface area contributed by atoms with Crippen molar-refractivity contribution in [2.45, 2.75) is 51.8 Å². The summed E-state index contributed by atoms with van der Waals surface area (Å²) in [5, 5.41) is 3.39. The molecule has 5 aromatic rings. The van der Waals surface area contributed by atoms with E-state index in [9.17, 15) is 9.59 Å². The number of rotatable bonds is 8. The van der Waals surface area contributed by atoms with E-state index in [0.29, 0.717) is 58.6 Å². The molecule has 2 fully saturated rings. The molecule has 1 amide bonds. The van der Waals surface area contributed by atoms with Gasteiger partial charge in [-0.3, -0.25) is 14.5 Å². The number of ether oxygens (including phenoxy) is 2. The number of aromatic nitrogens is 5. The molecule has 3 aliphatic heterocycles. The van der Waals surface area contributed by atoms with Gasteiger partial charge >= 0.3 is 5.97 Å². The summed E-state index contributed by atoms with van der Waals surface area (Å²) in [5.41, 5.74) is 7.01. The van der Waals surface area contributed by atoms with Gasteiger partial charge in [-0.2, -0.15) is 0 Å². The van der Waals surface area contributed by atoms with Crippen LogP contribution in [0.3, 0.4) is 0 Å². The number of hydrogen-bond donors (Lipinski definition) is 2. The lowest BCUT2D eigenvalue weighted by molar-refractivity contribution is -0.142. The molecule has 4 aliphatic rings. The van der Waals surface area contributed by atoms with Crippen LogP contribution in [0.5, 0.6) is 0 Å². The quantitative estimate of drug-likeness (QED) is 0.217. The Kier molecular flexibility index (Phi) is 8.35. The van der Waals surface area contributed by atoms with Gasteiger partial charge in [0.05, 0.1) is 31.3 Å². The number of hydrogen-bond acceptors (Lipinski definition) is 10. The van der Waals surface area contributed by atoms with Crippen LogP contribution in [0.2, 0.25) is 0 Å². The molecule has 9 rings (SSSR count). The van der Waals surface area contributed by atoms with Crippen LogP contribution in [0.15, 0.2) is 48.8 Å². The number of nitrogens with one attached hydrogen (secondary N) is 2. The van der Waals surface area contributed by atoms with Crippen LogP contribution in [0.4, 0.5) is 27.3 Å². The van der Waals surface area contributed by atoms with Crippen LogP contribution < -0.4 is 15.1 Å². The highest BCUT2D eigenvalue weighted by atomic mass is 19.1. The fourth-order valence-corrected chi connectivity index (χ4v) is 7.97. The third-order valence-electron chi connectivity index (χ3n) is 10.8. The van der Waals surface area contributed by atoms with E-state index in [4.69, 9.17) is 19.4 Å². The van der Waals surface area contributed by atoms with Crippen molar-refractivity contribution in [3.05, 3.63) is 77.1 Å². The lowest BCUT2D eigenvalue weighted by atomic mass is 9.98. The predicted octanol–water partition coefficient (Wildman–Crippen LogP) is 4.83. The molecule has 0 radical (unpaired) electrons. The lowest BCUT2D eigenvalue weighted by Gasteiger charge is -2.43. The standard InChI is InChI=1S/C38H40FN9O4/c1-23(49)52-21-30-29(17-25(39)18-32(30)48-15-14-47-31-5-3-2-4-24(31)16-33(47)38(48)50)35-43-36-34(40-22-41-36)37(44-35)42-26-6-8-27(9-7-26)45-10-12-46(13-11-45)28-19-51-20-28/h6-9,16-18,22,28H,2-5,10-15,19-21H2,1H3,(H2,40,41,42,43,44). The Morgan fingerprint density at radius 2 is 1.83 bits per heavy atom. The van der Waals surface area contributed by atoms with E-state index >= 15 is 4.39 Å². The molecule has 1 aliphatic carbocycles. The maximum Gasteiger partial charge on any atom is 0.302 e. The number of nitrogens with zero attached hydrogens (tertiary/aromatic N) is 7. The highest BCUT2D eigenvalue weighted by Crippen LogP contribution is 2.37. The van der Waals surface area contributed by atoms with Gasteiger partial charge in [0, 0.05) is 74.4 Å². The second kappa shape index (κ2) is 13.3. The highest BCUT2D eigenvalue weighted by molar-refractivity contribution is 6.07. The molecule has 14 heteroatoms. The number of piperazine rings is 1. The van der Waals surface area contributed by atoms with Crippen LogP contribution in [-0.2, 0) is 40.3 Å². The summed E-state index contributed by atoms with van der Waals surface area (Å²) in [6, 6.07) is 13.4. The van der Waals surface area contributed by atoms with Gasteiger partial charge in [0.1, 0.15) is 18.1 Å². The summed E-state index contributed by atoms with van der Waals surface area (Å²) < 4.78 is 28.7. The Bertz CT molecular complexity index is 2170. The Morgan fingerprint density at radius 1 is 1.02 bits per heavy atom. The van der Waals surface area contributed by atoms with Crippen molar-refractivity contribution in [1.82, 2.24) is 29.4 Å². The van der Waals surface area contributed by atoms with Gasteiger partial charge in [0.2, 0.25) is 0 Å². The Labute approximate surface area is 299 Å². The number of carbonyl (C=O) groups excluding carboxylic acids is 2. The molecule has 2 aromatic carbocycles. The average molecular weight is 706 g/mol. The number of fused-ring (bicyclic) bond motifs is 4. The molecule has 0 spiro atoms. The Balaban J connectivity index is 1.03. The van der Waals surface area contributed by atoms with Gasteiger partial charge < -0.3 is 34.1 Å². The van der Waals surface area contributed by atoms with Gasteiger partial charge in [-0.05, 0) is 73.7 Å². The first-order chi connectivity index (χ1) is 25.4. The van der Waals surface area contributed by atoms with Gasteiger partial charge in [0.15, 0.2) is 22.8 Å². The number of halogens is 1. The van der Waals surface area contributed by atoms with Gasteiger partial charge in [0.25, 0.3) is 5.91 Å². The summed E-state index contributed by atoms with van der Waals surface area (Å²) in [5.74, 6) is -0.668. The zero-order valence-electron chi connectivity index (χ0n) is 29.0. The van der Waals surface area contributed by atoms with Gasteiger partial charge in [-0.15, -0.1) is 0 Å². The first kappa shape index (κ1) is 32.6. The molecule has 0 saturated carbocycles. The van der Waals surface area contributed by atoms with E-state index in [2.05, 4.69) is 41.8 Å². The summed E-state index contributed by atoms with van der Waals surface area (Å²) >= 11 is 0. The molecule has 3 aromatic heterocycles. The molecule has 2 N–H and O–H groups in total. The highest BCUT2D eigenvalue weighted by Gasteiger charge is 2.33. The number of aryl methyl sites for hydroxylation is 1. The van der Waals surface area contributed by atoms with Crippen molar-refractivity contribution in [2.75, 3.05) is 61.1 Å². The normalized spacial score (nSPS) is 17.9. The second-order valence-corrected chi connectivity index (χ2v) is 13.9. The maximum atomic E-state index is 15.7. The number of amides is 1. The van der Waals surface area contributed by atoms with Crippen molar-refractivity contribution >= 4 is 45.9 Å². The number of H-pyrrole nitrogens is 1. The number of benzene rings is 2.